The number of hydrogen-bond acceptors (Lipinski definition) is 5. The SMILES string of the molecule is CCOc1ccc(C=NNC(=S)Nc2ccccc2OC)cc1OC. The molecule has 0 heterocycles. The first-order valence-electron chi connectivity index (χ1n) is 7.71. The van der Waals surface area contributed by atoms with E-state index in [1.807, 2.05) is 49.4 Å². The predicted octanol–water partition coefficient (Wildman–Crippen LogP) is 3.42. The summed E-state index contributed by atoms with van der Waals surface area (Å²) in [6.45, 7) is 2.50. The molecular weight excluding hydrogens is 338 g/mol. The molecule has 0 spiro atoms. The normalized spacial score (nSPS) is 10.4. The van der Waals surface area contributed by atoms with Crippen LogP contribution in [-0.2, 0) is 0 Å². The third-order valence-corrected chi connectivity index (χ3v) is 3.42. The minimum Gasteiger partial charge on any atom is -0.495 e. The Kier molecular flexibility index (Phi) is 7.03. The average molecular weight is 359 g/mol. The molecule has 0 aliphatic rings. The van der Waals surface area contributed by atoms with Crippen molar-refractivity contribution in [2.75, 3.05) is 26.1 Å². The van der Waals surface area contributed by atoms with Crippen LogP contribution in [0.25, 0.3) is 0 Å². The highest BCUT2D eigenvalue weighted by atomic mass is 32.1. The largest absolute Gasteiger partial charge is 0.495 e. The standard InChI is InChI=1S/C18H21N3O3S/c1-4-24-16-10-9-13(11-17(16)23-3)12-19-21-18(25)20-14-7-5-6-8-15(14)22-2/h5-12H,4H2,1-3H3,(H2,20,21,25). The first kappa shape index (κ1) is 18.5. The summed E-state index contributed by atoms with van der Waals surface area (Å²) in [5.74, 6) is 2.05. The molecule has 0 aliphatic heterocycles. The maximum Gasteiger partial charge on any atom is 0.191 e. The van der Waals surface area contributed by atoms with Gasteiger partial charge in [0.1, 0.15) is 5.75 Å². The number of benzene rings is 2. The van der Waals surface area contributed by atoms with Gasteiger partial charge in [-0.15, -0.1) is 0 Å². The van der Waals surface area contributed by atoms with Gasteiger partial charge < -0.3 is 19.5 Å². The quantitative estimate of drug-likeness (QED) is 0.449. The fraction of sp³-hybridized carbons (Fsp3) is 0.222. The van der Waals surface area contributed by atoms with E-state index in [0.717, 1.165) is 11.3 Å². The van der Waals surface area contributed by atoms with E-state index in [2.05, 4.69) is 15.8 Å². The van der Waals surface area contributed by atoms with Crippen LogP contribution in [0.3, 0.4) is 0 Å². The van der Waals surface area contributed by atoms with Crippen molar-refractivity contribution < 1.29 is 14.2 Å². The highest BCUT2D eigenvalue weighted by Gasteiger charge is 2.05. The van der Waals surface area contributed by atoms with Gasteiger partial charge in [0.05, 0.1) is 32.7 Å². The number of hydrogen-bond donors (Lipinski definition) is 2. The van der Waals surface area contributed by atoms with E-state index in [0.29, 0.717) is 29.0 Å². The summed E-state index contributed by atoms with van der Waals surface area (Å²) in [7, 11) is 3.21. The molecule has 7 heteroatoms. The van der Waals surface area contributed by atoms with Gasteiger partial charge >= 0.3 is 0 Å². The lowest BCUT2D eigenvalue weighted by molar-refractivity contribution is 0.311. The molecule has 2 aromatic carbocycles. The van der Waals surface area contributed by atoms with Crippen LogP contribution in [0.5, 0.6) is 17.2 Å². The van der Waals surface area contributed by atoms with Crippen LogP contribution < -0.4 is 25.0 Å². The maximum absolute atomic E-state index is 5.49. The van der Waals surface area contributed by atoms with Crippen molar-refractivity contribution in [2.45, 2.75) is 6.92 Å². The van der Waals surface area contributed by atoms with E-state index in [4.69, 9.17) is 26.4 Å². The molecule has 0 amide bonds. The van der Waals surface area contributed by atoms with Crippen LogP contribution >= 0.6 is 12.2 Å². The maximum atomic E-state index is 5.49. The third-order valence-electron chi connectivity index (χ3n) is 3.22. The van der Waals surface area contributed by atoms with Crippen molar-refractivity contribution in [1.29, 1.82) is 0 Å². The molecule has 6 nitrogen and oxygen atoms in total. The number of rotatable bonds is 7. The number of anilines is 1. The van der Waals surface area contributed by atoms with Gasteiger partial charge in [-0.25, -0.2) is 0 Å². The first-order chi connectivity index (χ1) is 12.2. The van der Waals surface area contributed by atoms with Crippen LogP contribution in [0.2, 0.25) is 0 Å². The Labute approximate surface area is 152 Å². The lowest BCUT2D eigenvalue weighted by atomic mass is 10.2. The molecule has 0 unspecified atom stereocenters. The summed E-state index contributed by atoms with van der Waals surface area (Å²) in [5, 5.41) is 7.52. The fourth-order valence-corrected chi connectivity index (χ4v) is 2.27. The minimum atomic E-state index is 0.360. The Morgan fingerprint density at radius 3 is 2.56 bits per heavy atom. The lowest BCUT2D eigenvalue weighted by Gasteiger charge is -2.11. The number of ether oxygens (including phenoxy) is 3. The van der Waals surface area contributed by atoms with Gasteiger partial charge in [0.2, 0.25) is 0 Å². The summed E-state index contributed by atoms with van der Waals surface area (Å²) in [6, 6.07) is 13.1. The predicted molar refractivity (Wildman–Crippen MR) is 104 cm³/mol. The summed E-state index contributed by atoms with van der Waals surface area (Å²) in [4.78, 5) is 0. The molecule has 0 aliphatic carbocycles. The molecule has 2 aromatic rings. The van der Waals surface area contributed by atoms with Gasteiger partial charge in [0, 0.05) is 0 Å². The van der Waals surface area contributed by atoms with Crippen LogP contribution in [-0.4, -0.2) is 32.2 Å². The molecule has 0 saturated carbocycles. The molecular formula is C18H21N3O3S. The van der Waals surface area contributed by atoms with Crippen LogP contribution in [0, 0.1) is 0 Å². The summed E-state index contributed by atoms with van der Waals surface area (Å²) in [6.07, 6.45) is 1.65. The summed E-state index contributed by atoms with van der Waals surface area (Å²) >= 11 is 5.23. The topological polar surface area (TPSA) is 64.1 Å². The van der Waals surface area contributed by atoms with Crippen molar-refractivity contribution >= 4 is 29.2 Å². The Hall–Kier alpha value is -2.80. The van der Waals surface area contributed by atoms with Gasteiger partial charge in [-0.1, -0.05) is 12.1 Å². The number of hydrazone groups is 1. The van der Waals surface area contributed by atoms with Gasteiger partial charge in [-0.2, -0.15) is 5.10 Å². The summed E-state index contributed by atoms with van der Waals surface area (Å²) in [5.41, 5.74) is 4.39. The number of thiocarbonyl (C=S) groups is 1. The van der Waals surface area contributed by atoms with E-state index < -0.39 is 0 Å². The number of nitrogens with one attached hydrogen (secondary N) is 2. The number of methoxy groups -OCH3 is 2. The zero-order valence-corrected chi connectivity index (χ0v) is 15.2. The number of nitrogens with zero attached hydrogens (tertiary/aromatic N) is 1. The van der Waals surface area contributed by atoms with Crippen molar-refractivity contribution in [3.63, 3.8) is 0 Å². The molecule has 0 saturated heterocycles. The molecule has 132 valence electrons. The van der Waals surface area contributed by atoms with Crippen LogP contribution in [0.4, 0.5) is 5.69 Å². The van der Waals surface area contributed by atoms with Crippen molar-refractivity contribution in [3.05, 3.63) is 48.0 Å². The summed E-state index contributed by atoms with van der Waals surface area (Å²) < 4.78 is 16.1. The van der Waals surface area contributed by atoms with E-state index >= 15 is 0 Å². The average Bonchev–Trinajstić information content (AvgIpc) is 2.63. The van der Waals surface area contributed by atoms with E-state index in [1.165, 1.54) is 0 Å². The zero-order chi connectivity index (χ0) is 18.1. The molecule has 0 bridgehead atoms. The Bertz CT molecular complexity index is 750. The van der Waals surface area contributed by atoms with E-state index in [1.54, 1.807) is 20.4 Å². The minimum absolute atomic E-state index is 0.360. The van der Waals surface area contributed by atoms with Crippen molar-refractivity contribution in [1.82, 2.24) is 5.43 Å². The highest BCUT2D eigenvalue weighted by Crippen LogP contribution is 2.27. The Morgan fingerprint density at radius 2 is 1.84 bits per heavy atom. The molecule has 2 rings (SSSR count). The molecule has 0 atom stereocenters. The number of para-hydroxylation sites is 2. The Morgan fingerprint density at radius 1 is 1.08 bits per heavy atom. The smallest absolute Gasteiger partial charge is 0.191 e. The molecule has 25 heavy (non-hydrogen) atoms. The Balaban J connectivity index is 1.97. The first-order valence-corrected chi connectivity index (χ1v) is 8.12. The second-order valence-electron chi connectivity index (χ2n) is 4.87. The third kappa shape index (κ3) is 5.36. The van der Waals surface area contributed by atoms with Gasteiger partial charge in [0.15, 0.2) is 16.6 Å². The van der Waals surface area contributed by atoms with Crippen LogP contribution in [0.15, 0.2) is 47.6 Å². The second-order valence-corrected chi connectivity index (χ2v) is 5.28. The molecule has 0 aromatic heterocycles. The zero-order valence-electron chi connectivity index (χ0n) is 14.4. The molecule has 0 radical (unpaired) electrons. The monoisotopic (exact) mass is 359 g/mol. The van der Waals surface area contributed by atoms with Gasteiger partial charge in [-0.3, -0.25) is 5.43 Å². The highest BCUT2D eigenvalue weighted by molar-refractivity contribution is 7.80. The van der Waals surface area contributed by atoms with Gasteiger partial charge in [-0.05, 0) is 55.0 Å². The van der Waals surface area contributed by atoms with Crippen LogP contribution in [0.1, 0.15) is 12.5 Å². The van der Waals surface area contributed by atoms with Crippen molar-refractivity contribution in [2.24, 2.45) is 5.10 Å². The molecule has 2 N–H and O–H groups in total. The molecule has 0 fully saturated rings. The second kappa shape index (κ2) is 9.48. The fourth-order valence-electron chi connectivity index (χ4n) is 2.10. The lowest BCUT2D eigenvalue weighted by Crippen LogP contribution is -2.24. The van der Waals surface area contributed by atoms with Crippen molar-refractivity contribution in [3.8, 4) is 17.2 Å². The van der Waals surface area contributed by atoms with E-state index in [-0.39, 0.29) is 0 Å². The van der Waals surface area contributed by atoms with Gasteiger partial charge in [0.25, 0.3) is 0 Å². The van der Waals surface area contributed by atoms with E-state index in [9.17, 15) is 0 Å².